The van der Waals surface area contributed by atoms with E-state index in [2.05, 4.69) is 78.4 Å². The van der Waals surface area contributed by atoms with E-state index in [4.69, 9.17) is 0 Å². The van der Waals surface area contributed by atoms with Crippen molar-refractivity contribution in [3.63, 3.8) is 0 Å². The largest absolute Gasteiger partial charge is 0.143 e. The van der Waals surface area contributed by atoms with Crippen molar-refractivity contribution in [1.29, 1.82) is 0 Å². The number of benzene rings is 1. The van der Waals surface area contributed by atoms with Gasteiger partial charge in [-0.25, -0.2) is 0 Å². The van der Waals surface area contributed by atoms with Gasteiger partial charge in [-0.3, -0.25) is 0 Å². The maximum atomic E-state index is 4.35. The molecule has 1 heteroatoms. The van der Waals surface area contributed by atoms with Gasteiger partial charge in [-0.15, -0.1) is 12.6 Å². The summed E-state index contributed by atoms with van der Waals surface area (Å²) in [4.78, 5) is 1.03. The zero-order chi connectivity index (χ0) is 12.6. The molecule has 0 aliphatic heterocycles. The summed E-state index contributed by atoms with van der Waals surface area (Å²) in [6.45, 7) is 13.9. The van der Waals surface area contributed by atoms with E-state index in [9.17, 15) is 0 Å². The molecule has 1 aromatic rings. The van der Waals surface area contributed by atoms with Crippen LogP contribution in [0.15, 0.2) is 29.2 Å². The predicted octanol–water partition coefficient (Wildman–Crippen LogP) is 5.15. The van der Waals surface area contributed by atoms with E-state index < -0.39 is 0 Å². The first-order chi connectivity index (χ1) is 7.12. The van der Waals surface area contributed by atoms with Crippen LogP contribution >= 0.6 is 12.6 Å². The van der Waals surface area contributed by atoms with Crippen molar-refractivity contribution in [3.8, 4) is 0 Å². The molecule has 0 saturated heterocycles. The van der Waals surface area contributed by atoms with Crippen molar-refractivity contribution in [2.75, 3.05) is 0 Å². The molecule has 16 heavy (non-hydrogen) atoms. The first-order valence-electron chi connectivity index (χ1n) is 5.91. The minimum absolute atomic E-state index is 0.274. The monoisotopic (exact) mass is 236 g/mol. The molecule has 1 aromatic carbocycles. The Morgan fingerprint density at radius 3 is 1.50 bits per heavy atom. The van der Waals surface area contributed by atoms with Gasteiger partial charge in [0.1, 0.15) is 0 Å². The standard InChI is InChI=1S/C15H24S/c1-14(2,3)13(15(4,5)6)11-7-9-12(16)10-8-11/h7-10,13,16H,1-6H3. The fourth-order valence-corrected chi connectivity index (χ4v) is 3.11. The van der Waals surface area contributed by atoms with Gasteiger partial charge in [-0.05, 0) is 34.4 Å². The van der Waals surface area contributed by atoms with E-state index in [1.54, 1.807) is 0 Å². The second kappa shape index (κ2) is 4.44. The second-order valence-electron chi connectivity index (χ2n) is 6.76. The molecule has 0 spiro atoms. The Labute approximate surface area is 106 Å². The van der Waals surface area contributed by atoms with E-state index >= 15 is 0 Å². The molecule has 0 aliphatic rings. The van der Waals surface area contributed by atoms with Gasteiger partial charge in [0.25, 0.3) is 0 Å². The Balaban J connectivity index is 3.18. The van der Waals surface area contributed by atoms with Gasteiger partial charge in [0.05, 0.1) is 0 Å². The van der Waals surface area contributed by atoms with Crippen LogP contribution < -0.4 is 0 Å². The summed E-state index contributed by atoms with van der Waals surface area (Å²) < 4.78 is 0. The Morgan fingerprint density at radius 1 is 0.812 bits per heavy atom. The Hall–Kier alpha value is -0.430. The first kappa shape index (κ1) is 13.6. The summed E-state index contributed by atoms with van der Waals surface area (Å²) in [7, 11) is 0. The average Bonchev–Trinajstić information content (AvgIpc) is 2.03. The van der Waals surface area contributed by atoms with Crippen molar-refractivity contribution < 1.29 is 0 Å². The van der Waals surface area contributed by atoms with Crippen LogP contribution in [-0.4, -0.2) is 0 Å². The van der Waals surface area contributed by atoms with Gasteiger partial charge in [-0.1, -0.05) is 53.7 Å². The van der Waals surface area contributed by atoms with Crippen molar-refractivity contribution in [2.45, 2.75) is 52.4 Å². The van der Waals surface area contributed by atoms with E-state index in [1.807, 2.05) is 0 Å². The molecule has 0 nitrogen and oxygen atoms in total. The van der Waals surface area contributed by atoms with Crippen LogP contribution in [0.25, 0.3) is 0 Å². The van der Waals surface area contributed by atoms with Crippen molar-refractivity contribution in [1.82, 2.24) is 0 Å². The predicted molar refractivity (Wildman–Crippen MR) is 75.3 cm³/mol. The highest BCUT2D eigenvalue weighted by molar-refractivity contribution is 7.80. The minimum atomic E-state index is 0.274. The van der Waals surface area contributed by atoms with Gasteiger partial charge in [0, 0.05) is 4.90 Å². The molecule has 1 rings (SSSR count). The summed E-state index contributed by atoms with van der Waals surface area (Å²) >= 11 is 4.35. The molecule has 0 heterocycles. The maximum Gasteiger partial charge on any atom is 0.00401 e. The molecule has 0 aromatic heterocycles. The molecular weight excluding hydrogens is 212 g/mol. The molecule has 0 saturated carbocycles. The van der Waals surface area contributed by atoms with E-state index in [-0.39, 0.29) is 10.8 Å². The lowest BCUT2D eigenvalue weighted by Gasteiger charge is -2.41. The second-order valence-corrected chi connectivity index (χ2v) is 7.27. The van der Waals surface area contributed by atoms with Crippen molar-refractivity contribution in [2.24, 2.45) is 10.8 Å². The Bertz CT molecular complexity index is 321. The van der Waals surface area contributed by atoms with Gasteiger partial charge in [0.2, 0.25) is 0 Å². The molecule has 0 aliphatic carbocycles. The molecular formula is C15H24S. The highest BCUT2D eigenvalue weighted by Crippen LogP contribution is 2.47. The van der Waals surface area contributed by atoms with Gasteiger partial charge >= 0.3 is 0 Å². The molecule has 0 bridgehead atoms. The molecule has 0 radical (unpaired) electrons. The molecule has 90 valence electrons. The third kappa shape index (κ3) is 3.28. The smallest absolute Gasteiger partial charge is 0.00401 e. The van der Waals surface area contributed by atoms with Crippen molar-refractivity contribution >= 4 is 12.6 Å². The van der Waals surface area contributed by atoms with Gasteiger partial charge in [-0.2, -0.15) is 0 Å². The molecule has 0 N–H and O–H groups in total. The van der Waals surface area contributed by atoms with Crippen LogP contribution in [0.2, 0.25) is 0 Å². The third-order valence-electron chi connectivity index (χ3n) is 2.96. The van der Waals surface area contributed by atoms with E-state index in [1.165, 1.54) is 5.56 Å². The molecule has 0 unspecified atom stereocenters. The van der Waals surface area contributed by atoms with Gasteiger partial charge < -0.3 is 0 Å². The van der Waals surface area contributed by atoms with Crippen LogP contribution in [0.1, 0.15) is 53.0 Å². The van der Waals surface area contributed by atoms with Crippen LogP contribution in [0.4, 0.5) is 0 Å². The Kier molecular flexibility index (Phi) is 3.79. The number of hydrogen-bond acceptors (Lipinski definition) is 1. The normalized spacial score (nSPS) is 13.2. The summed E-state index contributed by atoms with van der Waals surface area (Å²) in [6.07, 6.45) is 0. The SMILES string of the molecule is CC(C)(C)C(c1ccc(S)cc1)C(C)(C)C. The first-order valence-corrected chi connectivity index (χ1v) is 6.36. The minimum Gasteiger partial charge on any atom is -0.143 e. The lowest BCUT2D eigenvalue weighted by Crippen LogP contribution is -2.30. The van der Waals surface area contributed by atoms with E-state index in [0.717, 1.165) is 4.90 Å². The molecule has 0 amide bonds. The van der Waals surface area contributed by atoms with E-state index in [0.29, 0.717) is 5.92 Å². The quantitative estimate of drug-likeness (QED) is 0.640. The zero-order valence-electron chi connectivity index (χ0n) is 11.3. The highest BCUT2D eigenvalue weighted by Gasteiger charge is 2.35. The average molecular weight is 236 g/mol. The third-order valence-corrected chi connectivity index (χ3v) is 3.26. The number of rotatable bonds is 1. The van der Waals surface area contributed by atoms with Gasteiger partial charge in [0.15, 0.2) is 0 Å². The fourth-order valence-electron chi connectivity index (χ4n) is 2.97. The van der Waals surface area contributed by atoms with Crippen LogP contribution in [0.3, 0.4) is 0 Å². The van der Waals surface area contributed by atoms with Crippen LogP contribution in [0, 0.1) is 10.8 Å². The van der Waals surface area contributed by atoms with Crippen LogP contribution in [-0.2, 0) is 0 Å². The van der Waals surface area contributed by atoms with Crippen molar-refractivity contribution in [3.05, 3.63) is 29.8 Å². The topological polar surface area (TPSA) is 0 Å². The summed E-state index contributed by atoms with van der Waals surface area (Å²) in [5, 5.41) is 0. The maximum absolute atomic E-state index is 4.35. The summed E-state index contributed by atoms with van der Waals surface area (Å²) in [6, 6.07) is 8.60. The Morgan fingerprint density at radius 2 is 1.19 bits per heavy atom. The molecule has 0 fully saturated rings. The lowest BCUT2D eigenvalue weighted by molar-refractivity contribution is 0.176. The number of thiol groups is 1. The fraction of sp³-hybridized carbons (Fsp3) is 0.600. The van der Waals surface area contributed by atoms with Crippen LogP contribution in [0.5, 0.6) is 0 Å². The highest BCUT2D eigenvalue weighted by atomic mass is 32.1. The number of hydrogen-bond donors (Lipinski definition) is 1. The summed E-state index contributed by atoms with van der Waals surface area (Å²) in [5.41, 5.74) is 1.96. The summed E-state index contributed by atoms with van der Waals surface area (Å²) in [5.74, 6) is 0.550. The zero-order valence-corrected chi connectivity index (χ0v) is 12.2. The molecule has 0 atom stereocenters. The lowest BCUT2D eigenvalue weighted by atomic mass is 9.64.